The second-order valence-electron chi connectivity index (χ2n) is 7.36. The predicted octanol–water partition coefficient (Wildman–Crippen LogP) is 4.68. The molecular weight excluding hydrogens is 388 g/mol. The van der Waals surface area contributed by atoms with Crippen molar-refractivity contribution in [3.8, 4) is 11.8 Å². The summed E-state index contributed by atoms with van der Waals surface area (Å²) in [5.74, 6) is 0.0528. The van der Waals surface area contributed by atoms with Crippen molar-refractivity contribution >= 4 is 23.3 Å². The molecule has 1 aliphatic rings. The summed E-state index contributed by atoms with van der Waals surface area (Å²) in [4.78, 5) is 25.0. The summed E-state index contributed by atoms with van der Waals surface area (Å²) in [5, 5.41) is 12.9. The van der Waals surface area contributed by atoms with E-state index in [1.807, 2.05) is 0 Å². The maximum Gasteiger partial charge on any atom is 0.262 e. The van der Waals surface area contributed by atoms with Crippen LogP contribution in [0, 0.1) is 11.3 Å². The molecule has 6 heteroatoms. The number of rotatable bonds is 6. The van der Waals surface area contributed by atoms with Crippen molar-refractivity contribution in [3.05, 3.63) is 64.7 Å². The number of halogens is 1. The quantitative estimate of drug-likeness (QED) is 0.701. The van der Waals surface area contributed by atoms with Gasteiger partial charge in [0.15, 0.2) is 11.9 Å². The highest BCUT2D eigenvalue weighted by Crippen LogP contribution is 2.28. The molecule has 1 atom stereocenters. The second-order valence-corrected chi connectivity index (χ2v) is 7.80. The minimum Gasteiger partial charge on any atom is -0.481 e. The lowest BCUT2D eigenvalue weighted by Crippen LogP contribution is -2.52. The van der Waals surface area contributed by atoms with E-state index in [9.17, 15) is 14.9 Å². The molecule has 0 saturated heterocycles. The first-order chi connectivity index (χ1) is 13.9. The highest BCUT2D eigenvalue weighted by Gasteiger charge is 2.35. The van der Waals surface area contributed by atoms with Gasteiger partial charge in [-0.2, -0.15) is 5.26 Å². The minimum atomic E-state index is -0.790. The summed E-state index contributed by atoms with van der Waals surface area (Å²) in [6.07, 6.45) is 3.55. The van der Waals surface area contributed by atoms with E-state index in [0.717, 1.165) is 19.3 Å². The fourth-order valence-electron chi connectivity index (χ4n) is 3.47. The molecule has 0 unspecified atom stereocenters. The van der Waals surface area contributed by atoms with Gasteiger partial charge in [-0.1, -0.05) is 30.9 Å². The van der Waals surface area contributed by atoms with E-state index in [1.54, 1.807) is 55.5 Å². The number of carbonyl (C=O) groups is 2. The van der Waals surface area contributed by atoms with Crippen LogP contribution in [-0.2, 0) is 4.79 Å². The monoisotopic (exact) mass is 410 g/mol. The lowest BCUT2D eigenvalue weighted by Gasteiger charge is -2.32. The molecule has 1 N–H and O–H groups in total. The normalized spacial score (nSPS) is 16.3. The molecule has 29 heavy (non-hydrogen) atoms. The zero-order chi connectivity index (χ0) is 20.9. The zero-order valence-corrected chi connectivity index (χ0v) is 17.0. The number of nitrogens with one attached hydrogen (secondary N) is 1. The molecule has 0 aromatic heterocycles. The van der Waals surface area contributed by atoms with Gasteiger partial charge in [0.2, 0.25) is 0 Å². The standard InChI is InChI=1S/C23H23ClN2O3/c1-16(22(28)26-23(15-25)13-3-2-4-14-23)29-20-11-7-18(8-12-20)21(27)17-5-9-19(24)10-6-17/h5-12,16H,2-4,13-14H2,1H3,(H,26,28)/t16-/m0/s1. The van der Waals surface area contributed by atoms with E-state index in [1.165, 1.54) is 0 Å². The van der Waals surface area contributed by atoms with Gasteiger partial charge in [0.1, 0.15) is 11.3 Å². The maximum absolute atomic E-state index is 12.5. The summed E-state index contributed by atoms with van der Waals surface area (Å²) in [7, 11) is 0. The van der Waals surface area contributed by atoms with Crippen LogP contribution < -0.4 is 10.1 Å². The molecule has 1 fully saturated rings. The van der Waals surface area contributed by atoms with Crippen LogP contribution in [-0.4, -0.2) is 23.3 Å². The zero-order valence-electron chi connectivity index (χ0n) is 16.3. The molecule has 0 aliphatic heterocycles. The number of nitrogens with zero attached hydrogens (tertiary/aromatic N) is 1. The highest BCUT2D eigenvalue weighted by atomic mass is 35.5. The van der Waals surface area contributed by atoms with Crippen LogP contribution >= 0.6 is 11.6 Å². The molecule has 2 aromatic carbocycles. The Morgan fingerprint density at radius 1 is 1.03 bits per heavy atom. The van der Waals surface area contributed by atoms with Gasteiger partial charge < -0.3 is 10.1 Å². The molecule has 0 spiro atoms. The predicted molar refractivity (Wildman–Crippen MR) is 111 cm³/mol. The number of nitriles is 1. The number of ether oxygens (including phenoxy) is 1. The van der Waals surface area contributed by atoms with Crippen molar-refractivity contribution in [2.75, 3.05) is 0 Å². The molecule has 1 aliphatic carbocycles. The molecule has 5 nitrogen and oxygen atoms in total. The summed E-state index contributed by atoms with van der Waals surface area (Å²) < 4.78 is 5.71. The van der Waals surface area contributed by atoms with Gasteiger partial charge in [-0.3, -0.25) is 9.59 Å². The van der Waals surface area contributed by atoms with Crippen LogP contribution in [0.4, 0.5) is 0 Å². The third-order valence-corrected chi connectivity index (χ3v) is 5.44. The summed E-state index contributed by atoms with van der Waals surface area (Å²) in [5.41, 5.74) is 0.273. The Hall–Kier alpha value is -2.84. The number of benzene rings is 2. The third-order valence-electron chi connectivity index (χ3n) is 5.19. The molecule has 1 amide bonds. The van der Waals surface area contributed by atoms with E-state index in [4.69, 9.17) is 16.3 Å². The van der Waals surface area contributed by atoms with E-state index in [0.29, 0.717) is 34.7 Å². The first-order valence-electron chi connectivity index (χ1n) is 9.73. The Labute approximate surface area is 175 Å². The lowest BCUT2D eigenvalue weighted by molar-refractivity contribution is -0.129. The van der Waals surface area contributed by atoms with Crippen LogP contribution in [0.25, 0.3) is 0 Å². The summed E-state index contributed by atoms with van der Waals surface area (Å²) in [6, 6.07) is 15.6. The number of hydrogen-bond acceptors (Lipinski definition) is 4. The Balaban J connectivity index is 1.61. The number of amides is 1. The lowest BCUT2D eigenvalue weighted by atomic mass is 9.83. The van der Waals surface area contributed by atoms with Gasteiger partial charge >= 0.3 is 0 Å². The van der Waals surface area contributed by atoms with Crippen LogP contribution in [0.1, 0.15) is 54.9 Å². The Morgan fingerprint density at radius 2 is 1.59 bits per heavy atom. The van der Waals surface area contributed by atoms with Crippen LogP contribution in [0.15, 0.2) is 48.5 Å². The van der Waals surface area contributed by atoms with Gasteiger partial charge in [-0.05, 0) is 68.3 Å². The first-order valence-corrected chi connectivity index (χ1v) is 10.1. The molecule has 0 radical (unpaired) electrons. The van der Waals surface area contributed by atoms with E-state index >= 15 is 0 Å². The molecule has 0 bridgehead atoms. The average molecular weight is 411 g/mol. The fraction of sp³-hybridized carbons (Fsp3) is 0.348. The minimum absolute atomic E-state index is 0.118. The van der Waals surface area contributed by atoms with Crippen molar-refractivity contribution in [1.29, 1.82) is 5.26 Å². The van der Waals surface area contributed by atoms with Crippen molar-refractivity contribution in [3.63, 3.8) is 0 Å². The van der Waals surface area contributed by atoms with Crippen molar-refractivity contribution in [2.45, 2.75) is 50.7 Å². The maximum atomic E-state index is 12.5. The molecule has 3 rings (SSSR count). The Morgan fingerprint density at radius 3 is 2.14 bits per heavy atom. The van der Waals surface area contributed by atoms with Gasteiger partial charge in [0, 0.05) is 16.1 Å². The molecule has 0 heterocycles. The Kier molecular flexibility index (Phi) is 6.56. The molecule has 150 valence electrons. The number of hydrogen-bond donors (Lipinski definition) is 1. The van der Waals surface area contributed by atoms with Crippen LogP contribution in [0.2, 0.25) is 5.02 Å². The number of ketones is 1. The first kappa shape index (κ1) is 20.9. The van der Waals surface area contributed by atoms with Gasteiger partial charge in [0.25, 0.3) is 5.91 Å². The topological polar surface area (TPSA) is 79.2 Å². The molecular formula is C23H23ClN2O3. The largest absolute Gasteiger partial charge is 0.481 e. The van der Waals surface area contributed by atoms with Crippen molar-refractivity contribution < 1.29 is 14.3 Å². The van der Waals surface area contributed by atoms with E-state index < -0.39 is 11.6 Å². The Bertz CT molecular complexity index is 911. The molecule has 1 saturated carbocycles. The van der Waals surface area contributed by atoms with Crippen LogP contribution in [0.5, 0.6) is 5.75 Å². The van der Waals surface area contributed by atoms with E-state index in [2.05, 4.69) is 11.4 Å². The van der Waals surface area contributed by atoms with Crippen LogP contribution in [0.3, 0.4) is 0 Å². The van der Waals surface area contributed by atoms with Crippen molar-refractivity contribution in [1.82, 2.24) is 5.32 Å². The number of carbonyl (C=O) groups excluding carboxylic acids is 2. The van der Waals surface area contributed by atoms with Gasteiger partial charge in [-0.25, -0.2) is 0 Å². The SMILES string of the molecule is C[C@H](Oc1ccc(C(=O)c2ccc(Cl)cc2)cc1)C(=O)NC1(C#N)CCCCC1. The fourth-order valence-corrected chi connectivity index (χ4v) is 3.59. The smallest absolute Gasteiger partial charge is 0.262 e. The average Bonchev–Trinajstić information content (AvgIpc) is 2.75. The highest BCUT2D eigenvalue weighted by molar-refractivity contribution is 6.30. The summed E-state index contributed by atoms with van der Waals surface area (Å²) in [6.45, 7) is 1.65. The van der Waals surface area contributed by atoms with E-state index in [-0.39, 0.29) is 11.7 Å². The van der Waals surface area contributed by atoms with Crippen molar-refractivity contribution in [2.24, 2.45) is 0 Å². The molecule has 2 aromatic rings. The third kappa shape index (κ3) is 5.16. The van der Waals surface area contributed by atoms with Gasteiger partial charge in [0.05, 0.1) is 6.07 Å². The van der Waals surface area contributed by atoms with Gasteiger partial charge in [-0.15, -0.1) is 0 Å². The summed E-state index contributed by atoms with van der Waals surface area (Å²) >= 11 is 5.86. The second kappa shape index (κ2) is 9.11.